The molecule has 1 aromatic carbocycles. The van der Waals surface area contributed by atoms with Crippen LogP contribution in [0.15, 0.2) is 36.9 Å². The average molecular weight is 289 g/mol. The smallest absolute Gasteiger partial charge is 0.161 e. The Labute approximate surface area is 125 Å². The van der Waals surface area contributed by atoms with Gasteiger partial charge in [0.2, 0.25) is 0 Å². The van der Waals surface area contributed by atoms with Gasteiger partial charge in [0, 0.05) is 31.5 Å². The summed E-state index contributed by atoms with van der Waals surface area (Å²) < 4.78 is 12.7. The molecule has 5 nitrogen and oxygen atoms in total. The summed E-state index contributed by atoms with van der Waals surface area (Å²) in [4.78, 5) is 4.04. The summed E-state index contributed by atoms with van der Waals surface area (Å²) in [6.07, 6.45) is 6.61. The van der Waals surface area contributed by atoms with E-state index in [0.29, 0.717) is 6.04 Å². The fourth-order valence-corrected chi connectivity index (χ4v) is 2.35. The predicted octanol–water partition coefficient (Wildman–Crippen LogP) is 2.64. The Morgan fingerprint density at radius 1 is 1.24 bits per heavy atom. The van der Waals surface area contributed by atoms with Gasteiger partial charge in [-0.3, -0.25) is 0 Å². The number of aromatic nitrogens is 2. The zero-order chi connectivity index (χ0) is 15.1. The molecule has 1 aromatic heterocycles. The molecule has 0 radical (unpaired) electrons. The molecule has 1 heterocycles. The van der Waals surface area contributed by atoms with Crippen LogP contribution in [0.25, 0.3) is 0 Å². The molecule has 5 heteroatoms. The summed E-state index contributed by atoms with van der Waals surface area (Å²) in [6, 6.07) is 6.37. The molecule has 0 amide bonds. The van der Waals surface area contributed by atoms with Gasteiger partial charge >= 0.3 is 0 Å². The largest absolute Gasteiger partial charge is 0.493 e. The molecule has 0 bridgehead atoms. The Hall–Kier alpha value is -2.01. The fourth-order valence-electron chi connectivity index (χ4n) is 2.35. The van der Waals surface area contributed by atoms with Crippen molar-refractivity contribution in [3.05, 3.63) is 42.5 Å². The lowest BCUT2D eigenvalue weighted by atomic mass is 10.0. The van der Waals surface area contributed by atoms with Gasteiger partial charge in [-0.25, -0.2) is 4.98 Å². The molecule has 1 unspecified atom stereocenters. The van der Waals surface area contributed by atoms with Crippen LogP contribution in [0.3, 0.4) is 0 Å². The van der Waals surface area contributed by atoms with Crippen LogP contribution in [0, 0.1) is 0 Å². The first-order valence-corrected chi connectivity index (χ1v) is 7.19. The van der Waals surface area contributed by atoms with E-state index in [9.17, 15) is 0 Å². The van der Waals surface area contributed by atoms with E-state index in [-0.39, 0.29) is 0 Å². The molecule has 0 fully saturated rings. The Morgan fingerprint density at radius 2 is 2.05 bits per heavy atom. The minimum atomic E-state index is 0.299. The molecule has 114 valence electrons. The molecule has 0 aliphatic carbocycles. The number of benzene rings is 1. The Kier molecular flexibility index (Phi) is 5.63. The zero-order valence-corrected chi connectivity index (χ0v) is 12.9. The molecule has 0 saturated carbocycles. The second kappa shape index (κ2) is 7.69. The first-order valence-electron chi connectivity index (χ1n) is 7.19. The molecular formula is C16H23N3O2. The molecule has 0 aliphatic heterocycles. The normalized spacial score (nSPS) is 12.1. The van der Waals surface area contributed by atoms with Gasteiger partial charge < -0.3 is 19.4 Å². The van der Waals surface area contributed by atoms with Gasteiger partial charge in [0.05, 0.1) is 20.5 Å². The molecule has 2 aromatic rings. The van der Waals surface area contributed by atoms with Crippen molar-refractivity contribution >= 4 is 0 Å². The number of methoxy groups -OCH3 is 2. The maximum atomic E-state index is 5.37. The molecule has 21 heavy (non-hydrogen) atoms. The Bertz CT molecular complexity index is 540. The van der Waals surface area contributed by atoms with Crippen LogP contribution in [0.5, 0.6) is 11.5 Å². The average Bonchev–Trinajstić information content (AvgIpc) is 3.04. The molecule has 0 spiro atoms. The van der Waals surface area contributed by atoms with Crippen molar-refractivity contribution in [1.82, 2.24) is 14.9 Å². The summed E-state index contributed by atoms with van der Waals surface area (Å²) in [5.74, 6) is 1.53. The van der Waals surface area contributed by atoms with E-state index in [0.717, 1.165) is 31.0 Å². The standard InChI is InChI=1S/C16H23N3O2/c1-4-14(18-8-10-19-9-7-17-12-19)13-5-6-15(20-2)16(11-13)21-3/h5-7,9,11-12,14,18H,4,8,10H2,1-3H3. The molecule has 0 saturated heterocycles. The van der Waals surface area contributed by atoms with Crippen molar-refractivity contribution in [2.75, 3.05) is 20.8 Å². The van der Waals surface area contributed by atoms with E-state index in [1.807, 2.05) is 24.7 Å². The number of nitrogens with one attached hydrogen (secondary N) is 1. The van der Waals surface area contributed by atoms with E-state index in [2.05, 4.69) is 27.9 Å². The molecule has 0 aliphatic rings. The third-order valence-electron chi connectivity index (χ3n) is 3.54. The first kappa shape index (κ1) is 15.4. The monoisotopic (exact) mass is 289 g/mol. The zero-order valence-electron chi connectivity index (χ0n) is 12.9. The van der Waals surface area contributed by atoms with Gasteiger partial charge in [-0.2, -0.15) is 0 Å². The topological polar surface area (TPSA) is 48.3 Å². The van der Waals surface area contributed by atoms with Crippen LogP contribution < -0.4 is 14.8 Å². The first-order chi connectivity index (χ1) is 10.3. The summed E-state index contributed by atoms with van der Waals surface area (Å²) in [5, 5.41) is 3.57. The number of ether oxygens (including phenoxy) is 2. The highest BCUT2D eigenvalue weighted by Crippen LogP contribution is 2.30. The Balaban J connectivity index is 1.99. The van der Waals surface area contributed by atoms with Gasteiger partial charge in [0.15, 0.2) is 11.5 Å². The van der Waals surface area contributed by atoms with E-state index >= 15 is 0 Å². The van der Waals surface area contributed by atoms with Gasteiger partial charge in [0.1, 0.15) is 0 Å². The summed E-state index contributed by atoms with van der Waals surface area (Å²) in [7, 11) is 3.31. The van der Waals surface area contributed by atoms with Gasteiger partial charge in [-0.05, 0) is 24.1 Å². The van der Waals surface area contributed by atoms with Gasteiger partial charge in [-0.15, -0.1) is 0 Å². The molecular weight excluding hydrogens is 266 g/mol. The molecule has 1 atom stereocenters. The summed E-state index contributed by atoms with van der Waals surface area (Å²) in [5.41, 5.74) is 1.21. The maximum absolute atomic E-state index is 5.37. The van der Waals surface area contributed by atoms with E-state index < -0.39 is 0 Å². The van der Waals surface area contributed by atoms with Gasteiger partial charge in [-0.1, -0.05) is 13.0 Å². The molecule has 2 rings (SSSR count). The van der Waals surface area contributed by atoms with Crippen molar-refractivity contribution in [2.24, 2.45) is 0 Å². The third kappa shape index (κ3) is 3.98. The van der Waals surface area contributed by atoms with Crippen molar-refractivity contribution in [3.63, 3.8) is 0 Å². The van der Waals surface area contributed by atoms with Crippen molar-refractivity contribution in [2.45, 2.75) is 25.9 Å². The van der Waals surface area contributed by atoms with E-state index in [4.69, 9.17) is 9.47 Å². The van der Waals surface area contributed by atoms with E-state index in [1.165, 1.54) is 5.56 Å². The van der Waals surface area contributed by atoms with E-state index in [1.54, 1.807) is 20.4 Å². The highest BCUT2D eigenvalue weighted by molar-refractivity contribution is 5.43. The van der Waals surface area contributed by atoms with Crippen LogP contribution in [0.4, 0.5) is 0 Å². The lowest BCUT2D eigenvalue weighted by Crippen LogP contribution is -2.24. The predicted molar refractivity (Wildman–Crippen MR) is 82.8 cm³/mol. The highest BCUT2D eigenvalue weighted by Gasteiger charge is 2.12. The highest BCUT2D eigenvalue weighted by atomic mass is 16.5. The lowest BCUT2D eigenvalue weighted by molar-refractivity contribution is 0.353. The summed E-state index contributed by atoms with van der Waals surface area (Å²) in [6.45, 7) is 3.97. The lowest BCUT2D eigenvalue weighted by Gasteiger charge is -2.19. The minimum Gasteiger partial charge on any atom is -0.493 e. The van der Waals surface area contributed by atoms with Crippen molar-refractivity contribution in [1.29, 1.82) is 0 Å². The quantitative estimate of drug-likeness (QED) is 0.811. The SMILES string of the molecule is CCC(NCCn1ccnc1)c1ccc(OC)c(OC)c1. The minimum absolute atomic E-state index is 0.299. The van der Waals surface area contributed by atoms with Crippen LogP contribution in [0.2, 0.25) is 0 Å². The van der Waals surface area contributed by atoms with Crippen LogP contribution in [0.1, 0.15) is 24.9 Å². The van der Waals surface area contributed by atoms with Crippen molar-refractivity contribution in [3.8, 4) is 11.5 Å². The van der Waals surface area contributed by atoms with Crippen LogP contribution in [-0.4, -0.2) is 30.3 Å². The Morgan fingerprint density at radius 3 is 2.67 bits per heavy atom. The third-order valence-corrected chi connectivity index (χ3v) is 3.54. The second-order valence-electron chi connectivity index (χ2n) is 4.83. The van der Waals surface area contributed by atoms with Gasteiger partial charge in [0.25, 0.3) is 0 Å². The van der Waals surface area contributed by atoms with Crippen LogP contribution in [-0.2, 0) is 6.54 Å². The summed E-state index contributed by atoms with van der Waals surface area (Å²) >= 11 is 0. The van der Waals surface area contributed by atoms with Crippen molar-refractivity contribution < 1.29 is 9.47 Å². The number of hydrogen-bond acceptors (Lipinski definition) is 4. The maximum Gasteiger partial charge on any atom is 0.161 e. The number of nitrogens with zero attached hydrogens (tertiary/aromatic N) is 2. The molecule has 1 N–H and O–H groups in total. The number of imidazole rings is 1. The number of hydrogen-bond donors (Lipinski definition) is 1. The fraction of sp³-hybridized carbons (Fsp3) is 0.438. The van der Waals surface area contributed by atoms with Crippen LogP contribution >= 0.6 is 0 Å². The number of rotatable bonds is 8. The second-order valence-corrected chi connectivity index (χ2v) is 4.83.